The molecule has 0 saturated heterocycles. The summed E-state index contributed by atoms with van der Waals surface area (Å²) in [6.07, 6.45) is 2.37. The Balaban J connectivity index is 2.16. The predicted octanol–water partition coefficient (Wildman–Crippen LogP) is 4.14. The van der Waals surface area contributed by atoms with Crippen LogP contribution in [0.2, 0.25) is 5.02 Å². The lowest BCUT2D eigenvalue weighted by Crippen LogP contribution is -2.47. The first-order chi connectivity index (χ1) is 16.0. The second-order valence-electron chi connectivity index (χ2n) is 8.34. The lowest BCUT2D eigenvalue weighted by molar-refractivity contribution is -0.140. The first-order valence-electron chi connectivity index (χ1n) is 11.4. The van der Waals surface area contributed by atoms with Crippen LogP contribution in [0.3, 0.4) is 0 Å². The van der Waals surface area contributed by atoms with E-state index in [2.05, 4.69) is 5.32 Å². The largest absolute Gasteiger partial charge is 0.354 e. The Kier molecular flexibility index (Phi) is 10.4. The van der Waals surface area contributed by atoms with Crippen molar-refractivity contribution in [3.05, 3.63) is 64.7 Å². The number of hydrogen-bond donors (Lipinski definition) is 1. The van der Waals surface area contributed by atoms with E-state index in [4.69, 9.17) is 11.6 Å². The topological polar surface area (TPSA) is 86.8 Å². The Morgan fingerprint density at radius 2 is 1.82 bits per heavy atom. The van der Waals surface area contributed by atoms with Crippen molar-refractivity contribution in [1.82, 2.24) is 10.2 Å². The van der Waals surface area contributed by atoms with Gasteiger partial charge in [0.1, 0.15) is 6.04 Å². The molecule has 0 fully saturated rings. The van der Waals surface area contributed by atoms with Crippen LogP contribution in [-0.4, -0.2) is 50.5 Å². The first kappa shape index (κ1) is 27.7. The number of nitrogens with zero attached hydrogens (tertiary/aromatic N) is 2. The van der Waals surface area contributed by atoms with E-state index >= 15 is 0 Å². The number of sulfonamides is 1. The molecular formula is C25H34ClN3O4S. The number of rotatable bonds is 12. The van der Waals surface area contributed by atoms with Crippen molar-refractivity contribution in [3.63, 3.8) is 0 Å². The van der Waals surface area contributed by atoms with Crippen molar-refractivity contribution in [3.8, 4) is 0 Å². The molecule has 2 rings (SSSR count). The van der Waals surface area contributed by atoms with Gasteiger partial charge in [0.25, 0.3) is 0 Å². The Bertz CT molecular complexity index is 1090. The van der Waals surface area contributed by atoms with Crippen molar-refractivity contribution in [2.45, 2.75) is 52.6 Å². The molecule has 0 aliphatic heterocycles. The summed E-state index contributed by atoms with van der Waals surface area (Å²) in [6.45, 7) is 6.43. The molecule has 2 amide bonds. The minimum absolute atomic E-state index is 0.101. The minimum Gasteiger partial charge on any atom is -0.354 e. The maximum Gasteiger partial charge on any atom is 0.242 e. The summed E-state index contributed by atoms with van der Waals surface area (Å²) in [7, 11) is -3.52. The van der Waals surface area contributed by atoms with Gasteiger partial charge in [0.05, 0.1) is 11.9 Å². The van der Waals surface area contributed by atoms with Crippen molar-refractivity contribution in [2.24, 2.45) is 0 Å². The van der Waals surface area contributed by atoms with Crippen LogP contribution < -0.4 is 9.62 Å². The van der Waals surface area contributed by atoms with E-state index in [1.165, 1.54) is 9.21 Å². The summed E-state index contributed by atoms with van der Waals surface area (Å²) in [6, 6.07) is 13.7. The molecule has 0 aromatic heterocycles. The number of halogens is 1. The summed E-state index contributed by atoms with van der Waals surface area (Å²) in [4.78, 5) is 27.4. The molecule has 2 aromatic rings. The van der Waals surface area contributed by atoms with E-state index in [0.29, 0.717) is 23.7 Å². The van der Waals surface area contributed by atoms with Gasteiger partial charge in [-0.3, -0.25) is 13.9 Å². The monoisotopic (exact) mass is 507 g/mol. The number of benzene rings is 2. The van der Waals surface area contributed by atoms with E-state index in [1.54, 1.807) is 37.3 Å². The highest BCUT2D eigenvalue weighted by Crippen LogP contribution is 2.23. The fourth-order valence-electron chi connectivity index (χ4n) is 3.64. The maximum atomic E-state index is 13.2. The number of aryl methyl sites for hydroxylation is 1. The molecule has 2 aromatic carbocycles. The van der Waals surface area contributed by atoms with E-state index < -0.39 is 16.1 Å². The fraction of sp³-hybridized carbons (Fsp3) is 0.440. The Labute approximate surface area is 208 Å². The van der Waals surface area contributed by atoms with Gasteiger partial charge in [-0.15, -0.1) is 0 Å². The zero-order valence-corrected chi connectivity index (χ0v) is 21.8. The zero-order chi connectivity index (χ0) is 25.3. The maximum absolute atomic E-state index is 13.2. The van der Waals surface area contributed by atoms with Gasteiger partial charge in [0.2, 0.25) is 21.8 Å². The summed E-state index contributed by atoms with van der Waals surface area (Å²) in [5, 5.41) is 3.39. The van der Waals surface area contributed by atoms with Crippen LogP contribution in [0.15, 0.2) is 48.5 Å². The fourth-order valence-corrected chi connectivity index (χ4v) is 4.87. The Hall–Kier alpha value is -2.58. The van der Waals surface area contributed by atoms with Crippen LogP contribution in [0.1, 0.15) is 44.2 Å². The zero-order valence-electron chi connectivity index (χ0n) is 20.3. The quantitative estimate of drug-likeness (QED) is 0.467. The van der Waals surface area contributed by atoms with Crippen LogP contribution in [0, 0.1) is 6.92 Å². The summed E-state index contributed by atoms with van der Waals surface area (Å²) in [5.74, 6) is -0.452. The van der Waals surface area contributed by atoms with Crippen LogP contribution in [0.25, 0.3) is 0 Å². The molecule has 7 nitrogen and oxygen atoms in total. The average molecular weight is 508 g/mol. The molecule has 0 saturated carbocycles. The highest BCUT2D eigenvalue weighted by molar-refractivity contribution is 7.92. The van der Waals surface area contributed by atoms with Gasteiger partial charge < -0.3 is 10.2 Å². The van der Waals surface area contributed by atoms with Crippen molar-refractivity contribution in [2.75, 3.05) is 23.7 Å². The number of carbonyl (C=O) groups excluding carboxylic acids is 2. The minimum atomic E-state index is -3.52. The molecule has 0 spiro atoms. The summed E-state index contributed by atoms with van der Waals surface area (Å²) >= 11 is 6.11. The van der Waals surface area contributed by atoms with E-state index in [1.807, 2.05) is 32.0 Å². The van der Waals surface area contributed by atoms with Gasteiger partial charge >= 0.3 is 0 Å². The second-order valence-corrected chi connectivity index (χ2v) is 10.7. The molecule has 0 radical (unpaired) electrons. The van der Waals surface area contributed by atoms with Gasteiger partial charge in [-0.2, -0.15) is 0 Å². The third-order valence-electron chi connectivity index (χ3n) is 5.49. The van der Waals surface area contributed by atoms with Crippen molar-refractivity contribution < 1.29 is 18.0 Å². The smallest absolute Gasteiger partial charge is 0.242 e. The van der Waals surface area contributed by atoms with Crippen molar-refractivity contribution in [1.29, 1.82) is 0 Å². The number of hydrogen-bond acceptors (Lipinski definition) is 4. The molecule has 0 unspecified atom stereocenters. The standard InChI is InChI=1S/C25H34ClN3O4S/c1-5-15-27-25(31)20(3)28(18-21-11-8-12-22(26)17-21)24(30)14-9-16-29(34(4,32)33)23-13-7-6-10-19(23)2/h6-8,10-13,17,20H,5,9,14-16,18H2,1-4H3,(H,27,31)/t20-/m1/s1. The lowest BCUT2D eigenvalue weighted by atomic mass is 10.1. The normalized spacial score (nSPS) is 12.1. The number of nitrogens with one attached hydrogen (secondary N) is 1. The second kappa shape index (κ2) is 12.8. The lowest BCUT2D eigenvalue weighted by Gasteiger charge is -2.29. The molecule has 1 N–H and O–H groups in total. The third kappa shape index (κ3) is 8.02. The number of para-hydroxylation sites is 1. The molecule has 0 heterocycles. The van der Waals surface area contributed by atoms with Crippen LogP contribution >= 0.6 is 11.6 Å². The van der Waals surface area contributed by atoms with Gasteiger partial charge in [-0.05, 0) is 56.0 Å². The number of carbonyl (C=O) groups is 2. The third-order valence-corrected chi connectivity index (χ3v) is 6.91. The number of anilines is 1. The van der Waals surface area contributed by atoms with Crippen molar-refractivity contribution >= 4 is 39.1 Å². The van der Waals surface area contributed by atoms with Gasteiger partial charge in [-0.1, -0.05) is 48.9 Å². The summed E-state index contributed by atoms with van der Waals surface area (Å²) < 4.78 is 26.2. The molecular weight excluding hydrogens is 474 g/mol. The summed E-state index contributed by atoms with van der Waals surface area (Å²) in [5.41, 5.74) is 2.25. The van der Waals surface area contributed by atoms with E-state index in [0.717, 1.165) is 23.8 Å². The Morgan fingerprint density at radius 3 is 2.44 bits per heavy atom. The van der Waals surface area contributed by atoms with Gasteiger partial charge in [0, 0.05) is 31.1 Å². The van der Waals surface area contributed by atoms with Crippen LogP contribution in [-0.2, 0) is 26.2 Å². The molecule has 34 heavy (non-hydrogen) atoms. The van der Waals surface area contributed by atoms with Gasteiger partial charge in [-0.25, -0.2) is 8.42 Å². The molecule has 0 aliphatic rings. The number of amides is 2. The highest BCUT2D eigenvalue weighted by Gasteiger charge is 2.26. The van der Waals surface area contributed by atoms with Crippen LogP contribution in [0.5, 0.6) is 0 Å². The van der Waals surface area contributed by atoms with E-state index in [9.17, 15) is 18.0 Å². The van der Waals surface area contributed by atoms with E-state index in [-0.39, 0.29) is 31.3 Å². The Morgan fingerprint density at radius 1 is 1.12 bits per heavy atom. The molecule has 0 aliphatic carbocycles. The molecule has 0 bridgehead atoms. The molecule has 1 atom stereocenters. The molecule has 9 heteroatoms. The average Bonchev–Trinajstić information content (AvgIpc) is 2.78. The van der Waals surface area contributed by atoms with Gasteiger partial charge in [0.15, 0.2) is 0 Å². The highest BCUT2D eigenvalue weighted by atomic mass is 35.5. The van der Waals surface area contributed by atoms with Crippen LogP contribution in [0.4, 0.5) is 5.69 Å². The SMILES string of the molecule is CCCNC(=O)[C@@H](C)N(Cc1cccc(Cl)c1)C(=O)CCCN(c1ccccc1C)S(C)(=O)=O. The predicted molar refractivity (Wildman–Crippen MR) is 137 cm³/mol. The molecule has 186 valence electrons. The first-order valence-corrected chi connectivity index (χ1v) is 13.6.